The molecule has 0 N–H and O–H groups in total. The summed E-state index contributed by atoms with van der Waals surface area (Å²) in [5.41, 5.74) is 9.75. The topological polar surface area (TPSA) is 55.4 Å². The van der Waals surface area contributed by atoms with E-state index < -0.39 is 30.5 Å². The summed E-state index contributed by atoms with van der Waals surface area (Å²) in [5.74, 6) is 0.728. The smallest absolute Gasteiger partial charge is 0.141 e. The maximum absolute atomic E-state index is 7.34. The molecule has 0 aromatic heterocycles. The fourth-order valence-corrected chi connectivity index (χ4v) is 8.24. The van der Waals surface area contributed by atoms with Crippen LogP contribution in [-0.2, 0) is 69.4 Å². The van der Waals surface area contributed by atoms with Gasteiger partial charge in [0.2, 0.25) is 0 Å². The van der Waals surface area contributed by atoms with Gasteiger partial charge in [-0.15, -0.1) is 0 Å². The summed E-state index contributed by atoms with van der Waals surface area (Å²) in [6.45, 7) is 4.53. The molecule has 5 atom stereocenters. The van der Waals surface area contributed by atoms with Gasteiger partial charge in [0.15, 0.2) is 0 Å². The van der Waals surface area contributed by atoms with Crippen molar-refractivity contribution in [2.45, 2.75) is 83.1 Å². The lowest BCUT2D eigenvalue weighted by Gasteiger charge is -2.47. The SMILES string of the molecule is CCc1ccc(Cc2cc(C3O[C@H](COCc4ccccc4)[C@@H](OCc4ccccc4)[C@H](OCc4ccccc4)[C@H]3OCc3ccccc3)c3c(c2Cl)OCC3)cc1. The van der Waals surface area contributed by atoms with Gasteiger partial charge >= 0.3 is 0 Å². The molecular formula is C51H51ClO6. The summed E-state index contributed by atoms with van der Waals surface area (Å²) < 4.78 is 41.2. The molecule has 6 aromatic rings. The average Bonchev–Trinajstić information content (AvgIpc) is 3.78. The molecule has 1 fully saturated rings. The second-order valence-corrected chi connectivity index (χ2v) is 15.4. The van der Waals surface area contributed by atoms with Crippen LogP contribution in [0.25, 0.3) is 0 Å². The van der Waals surface area contributed by atoms with E-state index in [0.717, 1.165) is 51.1 Å². The lowest BCUT2D eigenvalue weighted by atomic mass is 9.86. The molecule has 2 aliphatic heterocycles. The van der Waals surface area contributed by atoms with Crippen LogP contribution >= 0.6 is 11.6 Å². The van der Waals surface area contributed by atoms with Crippen LogP contribution in [0.15, 0.2) is 152 Å². The third kappa shape index (κ3) is 9.90. The molecular weight excluding hydrogens is 744 g/mol. The average molecular weight is 795 g/mol. The molecule has 0 amide bonds. The van der Waals surface area contributed by atoms with Crippen LogP contribution in [0.1, 0.15) is 63.1 Å². The Morgan fingerprint density at radius 1 is 0.569 bits per heavy atom. The number of aryl methyl sites for hydroxylation is 1. The second-order valence-electron chi connectivity index (χ2n) is 15.1. The molecule has 0 radical (unpaired) electrons. The first-order valence-corrected chi connectivity index (χ1v) is 20.8. The van der Waals surface area contributed by atoms with E-state index in [-0.39, 0.29) is 6.61 Å². The molecule has 6 nitrogen and oxygen atoms in total. The molecule has 298 valence electrons. The van der Waals surface area contributed by atoms with Gasteiger partial charge in [0.1, 0.15) is 36.3 Å². The molecule has 1 unspecified atom stereocenters. The van der Waals surface area contributed by atoms with Crippen molar-refractivity contribution in [2.24, 2.45) is 0 Å². The third-order valence-electron chi connectivity index (χ3n) is 11.0. The predicted octanol–water partition coefficient (Wildman–Crippen LogP) is 10.8. The minimum Gasteiger partial charge on any atom is -0.491 e. The number of halogens is 1. The molecule has 8 rings (SSSR count). The summed E-state index contributed by atoms with van der Waals surface area (Å²) in [6, 6.07) is 51.9. The van der Waals surface area contributed by atoms with E-state index in [1.807, 2.05) is 72.8 Å². The van der Waals surface area contributed by atoms with Gasteiger partial charge in [-0.3, -0.25) is 0 Å². The minimum absolute atomic E-state index is 0.282. The van der Waals surface area contributed by atoms with Crippen molar-refractivity contribution in [3.63, 3.8) is 0 Å². The summed E-state index contributed by atoms with van der Waals surface area (Å²) >= 11 is 7.21. The van der Waals surface area contributed by atoms with Crippen molar-refractivity contribution in [1.82, 2.24) is 0 Å². The van der Waals surface area contributed by atoms with Crippen LogP contribution in [0.5, 0.6) is 5.75 Å². The normalized spacial score (nSPS) is 20.1. The molecule has 2 aliphatic rings. The highest BCUT2D eigenvalue weighted by molar-refractivity contribution is 6.33. The van der Waals surface area contributed by atoms with Crippen molar-refractivity contribution in [3.05, 3.63) is 207 Å². The van der Waals surface area contributed by atoms with Gasteiger partial charge in [0.05, 0.1) is 44.7 Å². The molecule has 0 spiro atoms. The maximum atomic E-state index is 7.34. The zero-order chi connectivity index (χ0) is 39.5. The van der Waals surface area contributed by atoms with E-state index in [9.17, 15) is 0 Å². The van der Waals surface area contributed by atoms with Crippen molar-refractivity contribution in [3.8, 4) is 5.75 Å². The van der Waals surface area contributed by atoms with Crippen LogP contribution in [0.3, 0.4) is 0 Å². The molecule has 0 bridgehead atoms. The van der Waals surface area contributed by atoms with Gasteiger partial charge in [-0.1, -0.05) is 170 Å². The predicted molar refractivity (Wildman–Crippen MR) is 228 cm³/mol. The van der Waals surface area contributed by atoms with Crippen LogP contribution in [0.2, 0.25) is 5.02 Å². The molecule has 6 aromatic carbocycles. The summed E-state index contributed by atoms with van der Waals surface area (Å²) in [4.78, 5) is 0. The zero-order valence-corrected chi connectivity index (χ0v) is 33.8. The van der Waals surface area contributed by atoms with Crippen molar-refractivity contribution in [2.75, 3.05) is 13.2 Å². The van der Waals surface area contributed by atoms with Gasteiger partial charge < -0.3 is 28.4 Å². The first kappa shape index (κ1) is 40.0. The van der Waals surface area contributed by atoms with Crippen molar-refractivity contribution >= 4 is 11.6 Å². The number of ether oxygens (including phenoxy) is 6. The fourth-order valence-electron chi connectivity index (χ4n) is 7.95. The highest BCUT2D eigenvalue weighted by Gasteiger charge is 2.50. The molecule has 0 saturated carbocycles. The number of hydrogen-bond donors (Lipinski definition) is 0. The highest BCUT2D eigenvalue weighted by atomic mass is 35.5. The van der Waals surface area contributed by atoms with Gasteiger partial charge in [-0.2, -0.15) is 0 Å². The third-order valence-corrected chi connectivity index (χ3v) is 11.5. The summed E-state index contributed by atoms with van der Waals surface area (Å²) in [5, 5.41) is 0.650. The van der Waals surface area contributed by atoms with E-state index in [0.29, 0.717) is 50.9 Å². The Morgan fingerprint density at radius 3 is 1.62 bits per heavy atom. The van der Waals surface area contributed by atoms with Crippen molar-refractivity contribution in [1.29, 1.82) is 0 Å². The molecule has 2 heterocycles. The Bertz CT molecular complexity index is 2160. The highest BCUT2D eigenvalue weighted by Crippen LogP contribution is 2.46. The van der Waals surface area contributed by atoms with Crippen molar-refractivity contribution < 1.29 is 28.4 Å². The van der Waals surface area contributed by atoms with E-state index in [1.54, 1.807) is 0 Å². The number of rotatable bonds is 17. The number of benzene rings is 6. The maximum Gasteiger partial charge on any atom is 0.141 e. The quantitative estimate of drug-likeness (QED) is 0.0917. The standard InChI is InChI=1S/C51H51ClO6/c1-2-36-23-25-37(26-24-36)29-42-30-44(43-27-28-54-47(43)46(42)52)48-50(56-33-40-19-11-5-12-20-40)51(57-34-41-21-13-6-14-22-41)49(55-32-39-17-9-4-10-18-39)45(58-48)35-53-31-38-15-7-3-8-16-38/h3-26,30,45,48-51H,2,27-29,31-35H2,1H3/t45-,48?,49-,50+,51+/m1/s1. The van der Waals surface area contributed by atoms with Crippen LogP contribution in [0.4, 0.5) is 0 Å². The van der Waals surface area contributed by atoms with Gasteiger partial charge in [-0.05, 0) is 57.3 Å². The van der Waals surface area contributed by atoms with E-state index >= 15 is 0 Å². The van der Waals surface area contributed by atoms with Gasteiger partial charge in [0.25, 0.3) is 0 Å². The second kappa shape index (κ2) is 19.8. The van der Waals surface area contributed by atoms with Crippen LogP contribution < -0.4 is 4.74 Å². The fraction of sp³-hybridized carbons (Fsp3) is 0.294. The molecule has 7 heteroatoms. The lowest BCUT2D eigenvalue weighted by Crippen LogP contribution is -2.58. The lowest BCUT2D eigenvalue weighted by molar-refractivity contribution is -0.275. The van der Waals surface area contributed by atoms with Gasteiger partial charge in [-0.25, -0.2) is 0 Å². The Hall–Kier alpha value is -4.79. The first-order valence-electron chi connectivity index (χ1n) is 20.4. The van der Waals surface area contributed by atoms with E-state index in [4.69, 9.17) is 40.0 Å². The monoisotopic (exact) mass is 794 g/mol. The summed E-state index contributed by atoms with van der Waals surface area (Å²) in [7, 11) is 0. The Labute approximate surface area is 347 Å². The Balaban J connectivity index is 1.21. The van der Waals surface area contributed by atoms with E-state index in [2.05, 4.69) is 85.8 Å². The van der Waals surface area contributed by atoms with Gasteiger partial charge in [0, 0.05) is 12.0 Å². The van der Waals surface area contributed by atoms with Crippen LogP contribution in [-0.4, -0.2) is 37.6 Å². The zero-order valence-electron chi connectivity index (χ0n) is 33.0. The molecule has 1 saturated heterocycles. The molecule has 0 aliphatic carbocycles. The van der Waals surface area contributed by atoms with Crippen LogP contribution in [0, 0.1) is 0 Å². The largest absolute Gasteiger partial charge is 0.491 e. The Morgan fingerprint density at radius 2 is 1.07 bits per heavy atom. The first-order chi connectivity index (χ1) is 28.6. The number of hydrogen-bond acceptors (Lipinski definition) is 6. The number of fused-ring (bicyclic) bond motifs is 1. The minimum atomic E-state index is -0.572. The Kier molecular flexibility index (Phi) is 13.6. The molecule has 58 heavy (non-hydrogen) atoms. The summed E-state index contributed by atoms with van der Waals surface area (Å²) in [6.07, 6.45) is -0.373. The van der Waals surface area contributed by atoms with E-state index in [1.165, 1.54) is 11.1 Å².